The molecule has 0 unspecified atom stereocenters. The third-order valence-electron chi connectivity index (χ3n) is 1.96. The monoisotopic (exact) mass is 234 g/mol. The topological polar surface area (TPSA) is 94.0 Å². The van der Waals surface area contributed by atoms with Crippen LogP contribution in [0.4, 0.5) is 0 Å². The number of hydrogen-bond donors (Lipinski definition) is 1. The highest BCUT2D eigenvalue weighted by Gasteiger charge is 2.08. The second kappa shape index (κ2) is 4.60. The minimum atomic E-state index is -0.992. The molecule has 0 atom stereocenters. The molecule has 0 saturated heterocycles. The molecule has 0 aromatic carbocycles. The Hall–Kier alpha value is -2.44. The molecule has 0 bridgehead atoms. The van der Waals surface area contributed by atoms with Crippen molar-refractivity contribution in [1.29, 1.82) is 0 Å². The van der Waals surface area contributed by atoms with Gasteiger partial charge in [0.2, 0.25) is 5.82 Å². The molecular formula is C10H10N4O3. The largest absolute Gasteiger partial charge is 0.478 e. The van der Waals surface area contributed by atoms with Gasteiger partial charge in [-0.05, 0) is 29.8 Å². The van der Waals surface area contributed by atoms with E-state index in [-0.39, 0.29) is 6.54 Å². The average molecular weight is 234 g/mol. The molecule has 2 rings (SSSR count). The Kier molecular flexibility index (Phi) is 2.99. The lowest BCUT2D eigenvalue weighted by Gasteiger charge is -1.96. The number of tetrazole rings is 1. The minimum Gasteiger partial charge on any atom is -0.478 e. The van der Waals surface area contributed by atoms with E-state index in [9.17, 15) is 4.79 Å². The van der Waals surface area contributed by atoms with Gasteiger partial charge in [-0.25, -0.2) is 4.79 Å². The predicted octanol–water partition coefficient (Wildman–Crippen LogP) is 0.964. The molecule has 2 heterocycles. The molecule has 0 amide bonds. The fraction of sp³-hybridized carbons (Fsp3) is 0.200. The molecule has 0 radical (unpaired) electrons. The van der Waals surface area contributed by atoms with Gasteiger partial charge >= 0.3 is 5.97 Å². The Balaban J connectivity index is 2.12. The van der Waals surface area contributed by atoms with Crippen molar-refractivity contribution >= 4 is 5.97 Å². The van der Waals surface area contributed by atoms with Crippen LogP contribution < -0.4 is 0 Å². The van der Waals surface area contributed by atoms with Gasteiger partial charge in [0.1, 0.15) is 0 Å². The number of aromatic nitrogens is 4. The van der Waals surface area contributed by atoms with Crippen LogP contribution >= 0.6 is 0 Å². The van der Waals surface area contributed by atoms with Gasteiger partial charge in [0.25, 0.3) is 0 Å². The standard InChI is InChI=1S/C10H10N4O3/c1-7(5-9(15)16)6-14-12-10(11-13-14)8-3-2-4-17-8/h2-5H,6H2,1H3,(H,15,16). The highest BCUT2D eigenvalue weighted by molar-refractivity contribution is 5.80. The van der Waals surface area contributed by atoms with Crippen molar-refractivity contribution in [2.24, 2.45) is 0 Å². The van der Waals surface area contributed by atoms with Crippen molar-refractivity contribution in [3.05, 3.63) is 30.0 Å². The Morgan fingerprint density at radius 3 is 3.12 bits per heavy atom. The van der Waals surface area contributed by atoms with E-state index in [1.54, 1.807) is 19.1 Å². The summed E-state index contributed by atoms with van der Waals surface area (Å²) in [7, 11) is 0. The van der Waals surface area contributed by atoms with E-state index in [2.05, 4.69) is 15.4 Å². The van der Waals surface area contributed by atoms with Crippen molar-refractivity contribution < 1.29 is 14.3 Å². The van der Waals surface area contributed by atoms with Crippen molar-refractivity contribution in [3.63, 3.8) is 0 Å². The van der Waals surface area contributed by atoms with Crippen LogP contribution in [0.2, 0.25) is 0 Å². The number of hydrogen-bond acceptors (Lipinski definition) is 5. The summed E-state index contributed by atoms with van der Waals surface area (Å²) in [6.45, 7) is 1.96. The fourth-order valence-corrected chi connectivity index (χ4v) is 1.29. The molecule has 0 spiro atoms. The van der Waals surface area contributed by atoms with Gasteiger partial charge in [-0.1, -0.05) is 0 Å². The van der Waals surface area contributed by atoms with Gasteiger partial charge in [-0.3, -0.25) is 0 Å². The molecule has 88 valence electrons. The molecule has 2 aromatic rings. The smallest absolute Gasteiger partial charge is 0.328 e. The maximum absolute atomic E-state index is 10.4. The summed E-state index contributed by atoms with van der Waals surface area (Å²) in [6, 6.07) is 3.45. The summed E-state index contributed by atoms with van der Waals surface area (Å²) >= 11 is 0. The Labute approximate surface area is 96.4 Å². The zero-order valence-electron chi connectivity index (χ0n) is 9.07. The zero-order chi connectivity index (χ0) is 12.3. The van der Waals surface area contributed by atoms with E-state index in [1.807, 2.05) is 0 Å². The van der Waals surface area contributed by atoms with E-state index >= 15 is 0 Å². The molecule has 7 heteroatoms. The SMILES string of the molecule is CC(=CC(=O)O)Cn1nnc(-c2ccco2)n1. The van der Waals surface area contributed by atoms with Gasteiger partial charge in [0.15, 0.2) is 5.76 Å². The first-order valence-corrected chi connectivity index (χ1v) is 4.87. The molecule has 1 N–H and O–H groups in total. The number of rotatable bonds is 4. The molecule has 0 saturated carbocycles. The van der Waals surface area contributed by atoms with Crippen molar-refractivity contribution in [2.75, 3.05) is 0 Å². The number of aliphatic carboxylic acids is 1. The Bertz CT molecular complexity index is 542. The molecule has 17 heavy (non-hydrogen) atoms. The van der Waals surface area contributed by atoms with Crippen molar-refractivity contribution in [1.82, 2.24) is 20.2 Å². The van der Waals surface area contributed by atoms with Gasteiger partial charge in [0.05, 0.1) is 12.8 Å². The quantitative estimate of drug-likeness (QED) is 0.792. The number of carboxylic acid groups (broad SMARTS) is 1. The van der Waals surface area contributed by atoms with Gasteiger partial charge in [-0.2, -0.15) is 4.80 Å². The predicted molar refractivity (Wildman–Crippen MR) is 56.9 cm³/mol. The summed E-state index contributed by atoms with van der Waals surface area (Å²) in [5.74, 6) is -0.0943. The third kappa shape index (κ3) is 2.77. The third-order valence-corrected chi connectivity index (χ3v) is 1.96. The molecule has 2 aromatic heterocycles. The molecule has 0 aliphatic rings. The van der Waals surface area contributed by atoms with Gasteiger partial charge < -0.3 is 9.52 Å². The van der Waals surface area contributed by atoms with Crippen LogP contribution in [0.1, 0.15) is 6.92 Å². The molecular weight excluding hydrogens is 224 g/mol. The van der Waals surface area contributed by atoms with Gasteiger partial charge in [0, 0.05) is 6.08 Å². The number of furan rings is 1. The van der Waals surface area contributed by atoms with Crippen LogP contribution in [0.25, 0.3) is 11.6 Å². The number of carbonyl (C=O) groups is 1. The van der Waals surface area contributed by atoms with Crippen LogP contribution in [-0.2, 0) is 11.3 Å². The normalized spacial score (nSPS) is 11.7. The number of nitrogens with zero attached hydrogens (tertiary/aromatic N) is 4. The summed E-state index contributed by atoms with van der Waals surface area (Å²) in [5.41, 5.74) is 0.626. The number of allylic oxidation sites excluding steroid dienone is 1. The molecule has 0 aliphatic carbocycles. The highest BCUT2D eigenvalue weighted by Crippen LogP contribution is 2.13. The first-order valence-electron chi connectivity index (χ1n) is 4.87. The van der Waals surface area contributed by atoms with Crippen LogP contribution in [0.15, 0.2) is 34.5 Å². The minimum absolute atomic E-state index is 0.278. The van der Waals surface area contributed by atoms with E-state index in [4.69, 9.17) is 9.52 Å². The lowest BCUT2D eigenvalue weighted by atomic mass is 10.3. The maximum atomic E-state index is 10.4. The van der Waals surface area contributed by atoms with Crippen molar-refractivity contribution in [3.8, 4) is 11.6 Å². The lowest BCUT2D eigenvalue weighted by Crippen LogP contribution is -2.05. The fourth-order valence-electron chi connectivity index (χ4n) is 1.29. The molecule has 0 aliphatic heterocycles. The summed E-state index contributed by atoms with van der Waals surface area (Å²) in [4.78, 5) is 11.7. The molecule has 0 fully saturated rings. The summed E-state index contributed by atoms with van der Waals surface area (Å²) in [5, 5.41) is 20.2. The number of carboxylic acids is 1. The Morgan fingerprint density at radius 1 is 1.65 bits per heavy atom. The highest BCUT2D eigenvalue weighted by atomic mass is 16.4. The lowest BCUT2D eigenvalue weighted by molar-refractivity contribution is -0.131. The van der Waals surface area contributed by atoms with Crippen molar-refractivity contribution in [2.45, 2.75) is 13.5 Å². The first kappa shape index (κ1) is 11.1. The van der Waals surface area contributed by atoms with Crippen LogP contribution in [-0.4, -0.2) is 31.3 Å². The average Bonchev–Trinajstić information content (AvgIpc) is 2.84. The van der Waals surface area contributed by atoms with Crippen LogP contribution in [0.5, 0.6) is 0 Å². The Morgan fingerprint density at radius 2 is 2.47 bits per heavy atom. The second-order valence-corrected chi connectivity index (χ2v) is 3.45. The summed E-state index contributed by atoms with van der Waals surface area (Å²) in [6.07, 6.45) is 2.63. The summed E-state index contributed by atoms with van der Waals surface area (Å²) < 4.78 is 5.12. The van der Waals surface area contributed by atoms with E-state index in [0.717, 1.165) is 6.08 Å². The van der Waals surface area contributed by atoms with E-state index < -0.39 is 5.97 Å². The first-order chi connectivity index (χ1) is 8.15. The van der Waals surface area contributed by atoms with Gasteiger partial charge in [-0.15, -0.1) is 10.2 Å². The van der Waals surface area contributed by atoms with E-state index in [0.29, 0.717) is 17.2 Å². The second-order valence-electron chi connectivity index (χ2n) is 3.45. The van der Waals surface area contributed by atoms with E-state index in [1.165, 1.54) is 11.1 Å². The van der Waals surface area contributed by atoms with Crippen LogP contribution in [0.3, 0.4) is 0 Å². The zero-order valence-corrected chi connectivity index (χ0v) is 9.07. The molecule has 7 nitrogen and oxygen atoms in total. The maximum Gasteiger partial charge on any atom is 0.328 e. The van der Waals surface area contributed by atoms with Crippen LogP contribution in [0, 0.1) is 0 Å².